The number of hydrogen-bond acceptors (Lipinski definition) is 7. The van der Waals surface area contributed by atoms with Crippen LogP contribution in [0.15, 0.2) is 71.7 Å². The monoisotopic (exact) mass is 458 g/mol. The Morgan fingerprint density at radius 3 is 2.62 bits per heavy atom. The van der Waals surface area contributed by atoms with Crippen LogP contribution in [0.3, 0.4) is 0 Å². The Bertz CT molecular complexity index is 1380. The number of pyridine rings is 1. The van der Waals surface area contributed by atoms with Gasteiger partial charge in [-0.05, 0) is 61.1 Å². The van der Waals surface area contributed by atoms with Crippen LogP contribution in [-0.2, 0) is 6.54 Å². The van der Waals surface area contributed by atoms with Gasteiger partial charge in [-0.3, -0.25) is 4.79 Å². The Balaban J connectivity index is 1.51. The second kappa shape index (κ2) is 10.1. The number of nitrogens with one attached hydrogen (secondary N) is 2. The Kier molecular flexibility index (Phi) is 6.84. The van der Waals surface area contributed by atoms with Crippen LogP contribution in [0.1, 0.15) is 15.9 Å². The van der Waals surface area contributed by atoms with E-state index in [1.807, 2.05) is 61.5 Å². The minimum Gasteiger partial charge on any atom is -0.422 e. The molecule has 1 amide bonds. The van der Waals surface area contributed by atoms with Crippen molar-refractivity contribution in [3.63, 3.8) is 0 Å². The zero-order valence-corrected chi connectivity index (χ0v) is 19.0. The number of rotatable bonds is 8. The molecule has 0 saturated heterocycles. The van der Waals surface area contributed by atoms with Crippen LogP contribution in [0, 0.1) is 0 Å². The molecule has 34 heavy (non-hydrogen) atoms. The number of amides is 1. The molecule has 9 nitrogen and oxygen atoms in total. The number of aromatic nitrogens is 3. The van der Waals surface area contributed by atoms with Gasteiger partial charge in [-0.1, -0.05) is 30.3 Å². The van der Waals surface area contributed by atoms with Crippen molar-refractivity contribution in [3.05, 3.63) is 88.5 Å². The number of anilines is 1. The molecule has 0 fully saturated rings. The number of benzene rings is 2. The van der Waals surface area contributed by atoms with Gasteiger partial charge in [0.25, 0.3) is 5.91 Å². The molecule has 0 spiro atoms. The first-order valence-corrected chi connectivity index (χ1v) is 10.9. The molecule has 0 saturated carbocycles. The number of fused-ring (bicyclic) bond motifs is 1. The number of nitrogens with zero attached hydrogens (tertiary/aromatic N) is 4. The first kappa shape index (κ1) is 22.9. The summed E-state index contributed by atoms with van der Waals surface area (Å²) in [6.45, 7) is 1.76. The van der Waals surface area contributed by atoms with Crippen molar-refractivity contribution < 1.29 is 10.0 Å². The molecule has 9 heteroatoms. The van der Waals surface area contributed by atoms with Gasteiger partial charge in [-0.25, -0.2) is 9.78 Å². The highest BCUT2D eigenvalue weighted by Gasteiger charge is 2.11. The molecule has 2 heterocycles. The van der Waals surface area contributed by atoms with Crippen LogP contribution >= 0.6 is 0 Å². The molecule has 2 aromatic carbocycles. The molecule has 0 aliphatic carbocycles. The highest BCUT2D eigenvalue weighted by Crippen LogP contribution is 2.23. The first-order chi connectivity index (χ1) is 16.4. The lowest BCUT2D eigenvalue weighted by Gasteiger charge is -2.12. The predicted octanol–water partition coefficient (Wildman–Crippen LogP) is 2.60. The molecule has 4 aromatic rings. The summed E-state index contributed by atoms with van der Waals surface area (Å²) in [7, 11) is 3.93. The minimum absolute atomic E-state index is 0.105. The molecule has 3 N–H and O–H groups in total. The summed E-state index contributed by atoms with van der Waals surface area (Å²) in [5.74, 6) is 0.242. The quantitative estimate of drug-likeness (QED) is 0.348. The summed E-state index contributed by atoms with van der Waals surface area (Å²) in [5, 5.41) is 16.5. The molecular formula is C25H26N6O3. The second-order valence-corrected chi connectivity index (χ2v) is 8.12. The maximum Gasteiger partial charge on any atom is 0.384 e. The van der Waals surface area contributed by atoms with Crippen LogP contribution < -0.4 is 16.3 Å². The van der Waals surface area contributed by atoms with E-state index in [1.165, 1.54) is 6.20 Å². The van der Waals surface area contributed by atoms with E-state index in [4.69, 9.17) is 0 Å². The fourth-order valence-electron chi connectivity index (χ4n) is 3.56. The Hall–Kier alpha value is -4.24. The average Bonchev–Trinajstić information content (AvgIpc) is 2.85. The fraction of sp³-hybridized carbons (Fsp3) is 0.200. The largest absolute Gasteiger partial charge is 0.422 e. The molecule has 0 aliphatic heterocycles. The molecule has 2 aromatic heterocycles. The van der Waals surface area contributed by atoms with E-state index in [0.717, 1.165) is 23.2 Å². The third-order valence-electron chi connectivity index (χ3n) is 5.32. The van der Waals surface area contributed by atoms with Crippen molar-refractivity contribution in [3.8, 4) is 11.1 Å². The lowest BCUT2D eigenvalue weighted by molar-refractivity contribution is 0.0951. The van der Waals surface area contributed by atoms with Crippen molar-refractivity contribution in [2.24, 2.45) is 0 Å². The lowest BCUT2D eigenvalue weighted by atomic mass is 10.0. The van der Waals surface area contributed by atoms with Crippen molar-refractivity contribution >= 4 is 22.8 Å². The summed E-state index contributed by atoms with van der Waals surface area (Å²) >= 11 is 0. The predicted molar refractivity (Wildman–Crippen MR) is 131 cm³/mol. The Morgan fingerprint density at radius 2 is 1.82 bits per heavy atom. The average molecular weight is 459 g/mol. The van der Waals surface area contributed by atoms with E-state index < -0.39 is 5.69 Å². The smallest absolute Gasteiger partial charge is 0.384 e. The summed E-state index contributed by atoms with van der Waals surface area (Å²) in [6, 6.07) is 18.9. The van der Waals surface area contributed by atoms with Gasteiger partial charge in [0.05, 0.1) is 5.39 Å². The summed E-state index contributed by atoms with van der Waals surface area (Å²) in [6.07, 6.45) is 1.50. The van der Waals surface area contributed by atoms with Crippen LogP contribution in [-0.4, -0.2) is 57.9 Å². The second-order valence-electron chi connectivity index (χ2n) is 8.12. The molecule has 4 rings (SSSR count). The van der Waals surface area contributed by atoms with E-state index >= 15 is 0 Å². The van der Waals surface area contributed by atoms with Gasteiger partial charge in [-0.2, -0.15) is 4.98 Å². The fourth-order valence-corrected chi connectivity index (χ4v) is 3.56. The number of likely N-dealkylation sites (N-methyl/N-ethyl adjacent to an activating group) is 1. The highest BCUT2D eigenvalue weighted by atomic mass is 16.5. The molecular weight excluding hydrogens is 432 g/mol. The topological polar surface area (TPSA) is 112 Å². The molecule has 0 unspecified atom stereocenters. The molecule has 0 aliphatic rings. The van der Waals surface area contributed by atoms with Crippen LogP contribution in [0.4, 0.5) is 5.82 Å². The van der Waals surface area contributed by atoms with Crippen LogP contribution in [0.2, 0.25) is 0 Å². The van der Waals surface area contributed by atoms with E-state index in [-0.39, 0.29) is 11.6 Å². The minimum atomic E-state index is -0.803. The zero-order chi connectivity index (χ0) is 24.1. The number of hydrogen-bond donors (Lipinski definition) is 3. The molecule has 174 valence electrons. The third kappa shape index (κ3) is 5.21. The van der Waals surface area contributed by atoms with E-state index in [9.17, 15) is 14.8 Å². The van der Waals surface area contributed by atoms with Gasteiger partial charge in [0.15, 0.2) is 5.65 Å². The maximum atomic E-state index is 12.5. The van der Waals surface area contributed by atoms with E-state index in [0.29, 0.717) is 34.6 Å². The van der Waals surface area contributed by atoms with Crippen molar-refractivity contribution in [2.45, 2.75) is 6.54 Å². The van der Waals surface area contributed by atoms with E-state index in [1.54, 1.807) is 18.2 Å². The standard InChI is InChI=1S/C25H26N6O3/c1-30(2)13-12-27-24(32)20-9-4-8-19(15-20)18-7-3-6-17(14-18)16-28-22-21-10-5-11-26-23(21)31(34)25(33)29-22/h3-11,14-15,34H,12-13,16H2,1-2H3,(H,27,32)(H,28,29,33). The first-order valence-electron chi connectivity index (χ1n) is 10.9. The van der Waals surface area contributed by atoms with Crippen molar-refractivity contribution in [1.82, 2.24) is 24.9 Å². The number of carbonyl (C=O) groups is 1. The molecule has 0 radical (unpaired) electrons. The Morgan fingerprint density at radius 1 is 1.06 bits per heavy atom. The zero-order valence-electron chi connectivity index (χ0n) is 19.0. The van der Waals surface area contributed by atoms with Gasteiger partial charge < -0.3 is 20.7 Å². The summed E-state index contributed by atoms with van der Waals surface area (Å²) < 4.78 is 0.435. The van der Waals surface area contributed by atoms with E-state index in [2.05, 4.69) is 20.6 Å². The summed E-state index contributed by atoms with van der Waals surface area (Å²) in [4.78, 5) is 34.5. The normalized spacial score (nSPS) is 11.0. The highest BCUT2D eigenvalue weighted by molar-refractivity contribution is 5.95. The maximum absolute atomic E-state index is 12.5. The van der Waals surface area contributed by atoms with Gasteiger partial charge in [0.1, 0.15) is 5.82 Å². The van der Waals surface area contributed by atoms with Crippen LogP contribution in [0.5, 0.6) is 0 Å². The van der Waals surface area contributed by atoms with Crippen molar-refractivity contribution in [2.75, 3.05) is 32.5 Å². The van der Waals surface area contributed by atoms with Crippen molar-refractivity contribution in [1.29, 1.82) is 0 Å². The number of carbonyl (C=O) groups excluding carboxylic acids is 1. The van der Waals surface area contributed by atoms with Gasteiger partial charge in [0, 0.05) is 31.4 Å². The lowest BCUT2D eigenvalue weighted by Crippen LogP contribution is -2.31. The third-order valence-corrected chi connectivity index (χ3v) is 5.32. The van der Waals surface area contributed by atoms with Gasteiger partial charge >= 0.3 is 5.69 Å². The Labute approximate surface area is 196 Å². The molecule has 0 atom stereocenters. The summed E-state index contributed by atoms with van der Waals surface area (Å²) in [5.41, 5.74) is 2.80. The van der Waals surface area contributed by atoms with Gasteiger partial charge in [-0.15, -0.1) is 4.73 Å². The van der Waals surface area contributed by atoms with Gasteiger partial charge in [0.2, 0.25) is 0 Å². The SMILES string of the molecule is CN(C)CCNC(=O)c1cccc(-c2cccc(CNc3nc(=O)n(O)c4ncccc34)c2)c1. The van der Waals surface area contributed by atoms with Crippen LogP contribution in [0.25, 0.3) is 22.2 Å². The molecule has 0 bridgehead atoms.